The summed E-state index contributed by atoms with van der Waals surface area (Å²) in [7, 11) is 0. The maximum atomic E-state index is 12.0. The molecular formula is C14H28F3N3O. The third-order valence-corrected chi connectivity index (χ3v) is 3.68. The van der Waals surface area contributed by atoms with Crippen LogP contribution in [0, 0.1) is 0 Å². The van der Waals surface area contributed by atoms with E-state index in [0.29, 0.717) is 6.54 Å². The van der Waals surface area contributed by atoms with Gasteiger partial charge in [0.2, 0.25) is 0 Å². The summed E-state index contributed by atoms with van der Waals surface area (Å²) in [6, 6.07) is 0. The highest BCUT2D eigenvalue weighted by Crippen LogP contribution is 2.14. The lowest BCUT2D eigenvalue weighted by Crippen LogP contribution is -2.33. The van der Waals surface area contributed by atoms with Crippen LogP contribution >= 0.6 is 0 Å². The highest BCUT2D eigenvalue weighted by atomic mass is 19.4. The van der Waals surface area contributed by atoms with Gasteiger partial charge in [-0.2, -0.15) is 13.2 Å². The zero-order chi connectivity index (χ0) is 15.6. The lowest BCUT2D eigenvalue weighted by molar-refractivity contribution is -0.174. The van der Waals surface area contributed by atoms with Crippen LogP contribution in [0.15, 0.2) is 0 Å². The van der Waals surface area contributed by atoms with Crippen molar-refractivity contribution in [2.24, 2.45) is 5.73 Å². The van der Waals surface area contributed by atoms with Crippen LogP contribution in [0.4, 0.5) is 13.2 Å². The fourth-order valence-corrected chi connectivity index (χ4v) is 2.51. The van der Waals surface area contributed by atoms with Crippen molar-refractivity contribution < 1.29 is 17.9 Å². The smallest absolute Gasteiger partial charge is 0.371 e. The van der Waals surface area contributed by atoms with E-state index in [2.05, 4.69) is 14.5 Å². The second-order valence-corrected chi connectivity index (χ2v) is 5.55. The van der Waals surface area contributed by atoms with E-state index in [1.807, 2.05) is 0 Å². The van der Waals surface area contributed by atoms with Crippen molar-refractivity contribution in [1.29, 1.82) is 0 Å². The molecule has 0 radical (unpaired) electrons. The Morgan fingerprint density at radius 2 is 1.57 bits per heavy atom. The van der Waals surface area contributed by atoms with Crippen LogP contribution in [0.1, 0.15) is 25.7 Å². The van der Waals surface area contributed by atoms with E-state index in [1.54, 1.807) is 0 Å². The largest absolute Gasteiger partial charge is 0.411 e. The molecule has 1 heterocycles. The fraction of sp³-hybridized carbons (Fsp3) is 1.00. The van der Waals surface area contributed by atoms with E-state index in [1.165, 1.54) is 12.8 Å². The van der Waals surface area contributed by atoms with Crippen LogP contribution in [-0.4, -0.2) is 75.0 Å². The first-order valence-electron chi connectivity index (χ1n) is 7.80. The molecule has 1 aliphatic rings. The molecule has 0 spiro atoms. The van der Waals surface area contributed by atoms with E-state index < -0.39 is 12.8 Å². The average molecular weight is 311 g/mol. The first-order chi connectivity index (χ1) is 10.0. The molecule has 1 fully saturated rings. The Morgan fingerprint density at radius 1 is 0.905 bits per heavy atom. The van der Waals surface area contributed by atoms with Gasteiger partial charge >= 0.3 is 6.18 Å². The molecule has 126 valence electrons. The van der Waals surface area contributed by atoms with Gasteiger partial charge in [0.25, 0.3) is 0 Å². The van der Waals surface area contributed by atoms with Crippen molar-refractivity contribution in [3.63, 3.8) is 0 Å². The Morgan fingerprint density at radius 3 is 2.19 bits per heavy atom. The molecule has 1 rings (SSSR count). The van der Waals surface area contributed by atoms with E-state index in [-0.39, 0.29) is 6.61 Å². The number of hydrogen-bond donors (Lipinski definition) is 1. The number of rotatable bonds is 9. The molecule has 4 nitrogen and oxygen atoms in total. The van der Waals surface area contributed by atoms with Crippen molar-refractivity contribution in [3.8, 4) is 0 Å². The van der Waals surface area contributed by atoms with Crippen molar-refractivity contribution >= 4 is 0 Å². The highest BCUT2D eigenvalue weighted by molar-refractivity contribution is 4.69. The summed E-state index contributed by atoms with van der Waals surface area (Å²) in [6.45, 7) is 5.34. The predicted molar refractivity (Wildman–Crippen MR) is 77.3 cm³/mol. The predicted octanol–water partition coefficient (Wildman–Crippen LogP) is 1.70. The zero-order valence-corrected chi connectivity index (χ0v) is 12.7. The van der Waals surface area contributed by atoms with Crippen LogP contribution in [0.3, 0.4) is 0 Å². The molecule has 0 aromatic rings. The van der Waals surface area contributed by atoms with Crippen molar-refractivity contribution in [2.45, 2.75) is 31.9 Å². The second kappa shape index (κ2) is 10.4. The number of nitrogens with zero attached hydrogens (tertiary/aromatic N) is 2. The number of ether oxygens (including phenoxy) is 1. The van der Waals surface area contributed by atoms with Gasteiger partial charge in [0.15, 0.2) is 0 Å². The maximum Gasteiger partial charge on any atom is 0.411 e. The Balaban J connectivity index is 2.09. The summed E-state index contributed by atoms with van der Waals surface area (Å²) in [4.78, 5) is 4.63. The van der Waals surface area contributed by atoms with Gasteiger partial charge in [-0.15, -0.1) is 0 Å². The molecule has 7 heteroatoms. The summed E-state index contributed by atoms with van der Waals surface area (Å²) in [5, 5.41) is 0. The maximum absolute atomic E-state index is 12.0. The molecule has 0 saturated carbocycles. The van der Waals surface area contributed by atoms with Crippen molar-refractivity contribution in [3.05, 3.63) is 0 Å². The lowest BCUT2D eigenvalue weighted by atomic mass is 10.2. The molecule has 0 aromatic heterocycles. The van der Waals surface area contributed by atoms with Crippen LogP contribution in [-0.2, 0) is 4.74 Å². The van der Waals surface area contributed by atoms with Gasteiger partial charge in [-0.25, -0.2) is 0 Å². The van der Waals surface area contributed by atoms with E-state index in [0.717, 1.165) is 52.1 Å². The van der Waals surface area contributed by atoms with Gasteiger partial charge in [0.1, 0.15) is 6.61 Å². The summed E-state index contributed by atoms with van der Waals surface area (Å²) < 4.78 is 40.5. The number of halogens is 3. The second-order valence-electron chi connectivity index (χ2n) is 5.55. The molecule has 0 unspecified atom stereocenters. The highest BCUT2D eigenvalue weighted by Gasteiger charge is 2.27. The fourth-order valence-electron chi connectivity index (χ4n) is 2.51. The normalized spacial score (nSPS) is 18.9. The van der Waals surface area contributed by atoms with Gasteiger partial charge in [-0.1, -0.05) is 6.42 Å². The molecule has 21 heavy (non-hydrogen) atoms. The lowest BCUT2D eigenvalue weighted by Gasteiger charge is -2.21. The van der Waals surface area contributed by atoms with Gasteiger partial charge in [0, 0.05) is 19.6 Å². The van der Waals surface area contributed by atoms with Gasteiger partial charge in [0.05, 0.1) is 6.61 Å². The Bertz CT molecular complexity index is 264. The van der Waals surface area contributed by atoms with E-state index in [9.17, 15) is 13.2 Å². The molecule has 1 aliphatic heterocycles. The first-order valence-corrected chi connectivity index (χ1v) is 7.80. The molecule has 0 amide bonds. The van der Waals surface area contributed by atoms with Gasteiger partial charge in [-0.3, -0.25) is 4.90 Å². The number of unbranched alkanes of at least 4 members (excludes halogenated alkanes) is 2. The Labute approximate surface area is 125 Å². The Kier molecular flexibility index (Phi) is 9.23. The van der Waals surface area contributed by atoms with Gasteiger partial charge < -0.3 is 15.4 Å². The number of nitrogens with two attached hydrogens (primary N) is 1. The zero-order valence-electron chi connectivity index (χ0n) is 12.7. The molecule has 0 bridgehead atoms. The van der Waals surface area contributed by atoms with Crippen LogP contribution in [0.2, 0.25) is 0 Å². The van der Waals surface area contributed by atoms with Crippen LogP contribution in [0.5, 0.6) is 0 Å². The van der Waals surface area contributed by atoms with Gasteiger partial charge in [-0.05, 0) is 45.4 Å². The standard InChI is InChI=1S/C14H28F3N3O/c15-14(16,17)13-21-12-11-20-8-4-7-19(9-10-20)6-3-1-2-5-18/h1-13,18H2. The monoisotopic (exact) mass is 311 g/mol. The molecule has 0 aromatic carbocycles. The third-order valence-electron chi connectivity index (χ3n) is 3.68. The topological polar surface area (TPSA) is 41.7 Å². The first kappa shape index (κ1) is 18.7. The van der Waals surface area contributed by atoms with E-state index >= 15 is 0 Å². The quantitative estimate of drug-likeness (QED) is 0.658. The van der Waals surface area contributed by atoms with Crippen molar-refractivity contribution in [1.82, 2.24) is 9.80 Å². The van der Waals surface area contributed by atoms with Crippen molar-refractivity contribution in [2.75, 3.05) is 59.0 Å². The minimum absolute atomic E-state index is 0.149. The molecule has 0 atom stereocenters. The molecular weight excluding hydrogens is 283 g/mol. The molecule has 1 saturated heterocycles. The van der Waals surface area contributed by atoms with E-state index in [4.69, 9.17) is 5.73 Å². The number of alkyl halides is 3. The number of hydrogen-bond acceptors (Lipinski definition) is 4. The minimum atomic E-state index is -4.22. The Hall–Kier alpha value is -0.370. The summed E-state index contributed by atoms with van der Waals surface area (Å²) in [5.41, 5.74) is 5.47. The summed E-state index contributed by atoms with van der Waals surface area (Å²) in [6.07, 6.45) is 0.264. The minimum Gasteiger partial charge on any atom is -0.371 e. The van der Waals surface area contributed by atoms with Crippen LogP contribution in [0.25, 0.3) is 0 Å². The van der Waals surface area contributed by atoms with Crippen LogP contribution < -0.4 is 5.73 Å². The summed E-state index contributed by atoms with van der Waals surface area (Å²) in [5.74, 6) is 0. The average Bonchev–Trinajstić information content (AvgIpc) is 2.64. The third kappa shape index (κ3) is 10.1. The molecule has 0 aliphatic carbocycles. The SMILES string of the molecule is NCCCCCN1CCCN(CCOCC(F)(F)F)CC1. The molecule has 2 N–H and O–H groups in total. The summed E-state index contributed by atoms with van der Waals surface area (Å²) >= 11 is 0.